The molecule has 0 saturated carbocycles. The number of nitrogens with two attached hydrogens (primary N) is 1. The van der Waals surface area contributed by atoms with E-state index in [1.165, 1.54) is 0 Å². The van der Waals surface area contributed by atoms with E-state index in [-0.39, 0.29) is 6.04 Å². The molecule has 1 heterocycles. The van der Waals surface area contributed by atoms with Crippen molar-refractivity contribution in [3.05, 3.63) is 53.2 Å². The Kier molecular flexibility index (Phi) is 4.44. The van der Waals surface area contributed by atoms with Crippen molar-refractivity contribution < 1.29 is 0 Å². The van der Waals surface area contributed by atoms with Gasteiger partial charge < -0.3 is 10.6 Å². The molecule has 0 radical (unpaired) electrons. The Morgan fingerprint density at radius 3 is 2.48 bits per heavy atom. The molecule has 21 heavy (non-hydrogen) atoms. The standard InChI is InChI=1S/C17H20N4/c1-12(2)21(11-14-4-6-15(19)7-5-14)17-16(10-18)13(3)8-9-20-17/h4-9,12H,11,19H2,1-3H3. The fourth-order valence-electron chi connectivity index (χ4n) is 2.22. The molecule has 0 unspecified atom stereocenters. The Bertz CT molecular complexity index is 653. The van der Waals surface area contributed by atoms with Gasteiger partial charge in [-0.05, 0) is 50.1 Å². The zero-order valence-corrected chi connectivity index (χ0v) is 12.7. The van der Waals surface area contributed by atoms with Crippen LogP contribution < -0.4 is 10.6 Å². The second kappa shape index (κ2) is 6.27. The molecule has 0 saturated heterocycles. The first-order valence-corrected chi connectivity index (χ1v) is 6.99. The van der Waals surface area contributed by atoms with Crippen molar-refractivity contribution >= 4 is 11.5 Å². The Labute approximate surface area is 125 Å². The van der Waals surface area contributed by atoms with Gasteiger partial charge in [-0.1, -0.05) is 12.1 Å². The summed E-state index contributed by atoms with van der Waals surface area (Å²) in [6, 6.07) is 12.2. The lowest BCUT2D eigenvalue weighted by Crippen LogP contribution is -2.31. The minimum atomic E-state index is 0.240. The van der Waals surface area contributed by atoms with Crippen LogP contribution in [0.5, 0.6) is 0 Å². The first-order chi connectivity index (χ1) is 10.0. The summed E-state index contributed by atoms with van der Waals surface area (Å²) in [5.41, 5.74) is 9.21. The van der Waals surface area contributed by atoms with E-state index in [0.29, 0.717) is 12.1 Å². The second-order valence-corrected chi connectivity index (χ2v) is 5.40. The van der Waals surface area contributed by atoms with Crippen LogP contribution in [0.1, 0.15) is 30.5 Å². The molecule has 0 atom stereocenters. The summed E-state index contributed by atoms with van der Waals surface area (Å²) >= 11 is 0. The number of rotatable bonds is 4. The molecule has 0 aliphatic carbocycles. The van der Waals surface area contributed by atoms with Crippen LogP contribution in [0.4, 0.5) is 11.5 Å². The van der Waals surface area contributed by atoms with Gasteiger partial charge in [0.2, 0.25) is 0 Å². The van der Waals surface area contributed by atoms with Crippen LogP contribution in [0, 0.1) is 18.3 Å². The maximum atomic E-state index is 9.40. The van der Waals surface area contributed by atoms with Gasteiger partial charge >= 0.3 is 0 Å². The summed E-state index contributed by atoms with van der Waals surface area (Å²) in [6.45, 7) is 6.83. The van der Waals surface area contributed by atoms with E-state index in [4.69, 9.17) is 5.73 Å². The van der Waals surface area contributed by atoms with Gasteiger partial charge in [0.25, 0.3) is 0 Å². The quantitative estimate of drug-likeness (QED) is 0.873. The average Bonchev–Trinajstić information content (AvgIpc) is 2.46. The first-order valence-electron chi connectivity index (χ1n) is 6.99. The molecule has 0 aliphatic heterocycles. The number of aryl methyl sites for hydroxylation is 1. The fraction of sp³-hybridized carbons (Fsp3) is 0.294. The highest BCUT2D eigenvalue weighted by Crippen LogP contribution is 2.24. The second-order valence-electron chi connectivity index (χ2n) is 5.40. The van der Waals surface area contributed by atoms with Crippen LogP contribution >= 0.6 is 0 Å². The maximum absolute atomic E-state index is 9.40. The van der Waals surface area contributed by atoms with Gasteiger partial charge in [0.15, 0.2) is 0 Å². The van der Waals surface area contributed by atoms with Crippen LogP contribution in [0.25, 0.3) is 0 Å². The maximum Gasteiger partial charge on any atom is 0.147 e. The normalized spacial score (nSPS) is 10.4. The van der Waals surface area contributed by atoms with Crippen LogP contribution in [0.15, 0.2) is 36.5 Å². The van der Waals surface area contributed by atoms with Crippen molar-refractivity contribution in [2.45, 2.75) is 33.4 Å². The monoisotopic (exact) mass is 280 g/mol. The van der Waals surface area contributed by atoms with Crippen LogP contribution in [-0.2, 0) is 6.54 Å². The van der Waals surface area contributed by atoms with Crippen molar-refractivity contribution in [3.8, 4) is 6.07 Å². The summed E-state index contributed by atoms with van der Waals surface area (Å²) < 4.78 is 0. The lowest BCUT2D eigenvalue weighted by atomic mass is 10.1. The van der Waals surface area contributed by atoms with Crippen molar-refractivity contribution in [1.82, 2.24) is 4.98 Å². The molecule has 0 amide bonds. The minimum Gasteiger partial charge on any atom is -0.399 e. The lowest BCUT2D eigenvalue weighted by molar-refractivity contribution is 0.671. The predicted octanol–water partition coefficient (Wildman–Crippen LogP) is 3.26. The summed E-state index contributed by atoms with van der Waals surface area (Å²) in [5.74, 6) is 0.740. The number of nitrogen functional groups attached to an aromatic ring is 1. The number of pyridine rings is 1. The van der Waals surface area contributed by atoms with E-state index in [9.17, 15) is 5.26 Å². The topological polar surface area (TPSA) is 65.9 Å². The molecule has 2 aromatic rings. The van der Waals surface area contributed by atoms with Crippen LogP contribution in [0.3, 0.4) is 0 Å². The highest BCUT2D eigenvalue weighted by Gasteiger charge is 2.17. The molecule has 2 N–H and O–H groups in total. The van der Waals surface area contributed by atoms with Gasteiger partial charge in [0.05, 0.1) is 5.56 Å². The first kappa shape index (κ1) is 14.9. The summed E-state index contributed by atoms with van der Waals surface area (Å²) in [4.78, 5) is 6.56. The van der Waals surface area contributed by atoms with E-state index < -0.39 is 0 Å². The van der Waals surface area contributed by atoms with Gasteiger partial charge in [0, 0.05) is 24.5 Å². The molecule has 1 aromatic heterocycles. The van der Waals surface area contributed by atoms with Crippen molar-refractivity contribution in [2.24, 2.45) is 0 Å². The summed E-state index contributed by atoms with van der Waals surface area (Å²) in [6.07, 6.45) is 1.75. The molecule has 4 heteroatoms. The predicted molar refractivity (Wildman–Crippen MR) is 85.9 cm³/mol. The molecule has 0 fully saturated rings. The molecular weight excluding hydrogens is 260 g/mol. The third kappa shape index (κ3) is 3.32. The van der Waals surface area contributed by atoms with Gasteiger partial charge in [0.1, 0.15) is 11.9 Å². The van der Waals surface area contributed by atoms with Gasteiger partial charge in [-0.3, -0.25) is 0 Å². The largest absolute Gasteiger partial charge is 0.399 e. The number of nitrogens with zero attached hydrogens (tertiary/aromatic N) is 3. The zero-order valence-electron chi connectivity index (χ0n) is 12.7. The molecule has 1 aromatic carbocycles. The number of anilines is 2. The lowest BCUT2D eigenvalue weighted by Gasteiger charge is -2.29. The molecule has 2 rings (SSSR count). The van der Waals surface area contributed by atoms with Crippen LogP contribution in [-0.4, -0.2) is 11.0 Å². The van der Waals surface area contributed by atoms with E-state index in [1.54, 1.807) is 6.20 Å². The number of nitriles is 1. The van der Waals surface area contributed by atoms with E-state index in [0.717, 1.165) is 22.6 Å². The smallest absolute Gasteiger partial charge is 0.147 e. The Balaban J connectivity index is 2.38. The van der Waals surface area contributed by atoms with Gasteiger partial charge in [-0.25, -0.2) is 4.98 Å². The number of hydrogen-bond acceptors (Lipinski definition) is 4. The van der Waals surface area contributed by atoms with E-state index in [2.05, 4.69) is 29.8 Å². The van der Waals surface area contributed by atoms with Crippen molar-refractivity contribution in [1.29, 1.82) is 5.26 Å². The SMILES string of the molecule is Cc1ccnc(N(Cc2ccc(N)cc2)C(C)C)c1C#N. The molecule has 0 aliphatic rings. The fourth-order valence-corrected chi connectivity index (χ4v) is 2.22. The molecule has 0 spiro atoms. The molecule has 4 nitrogen and oxygen atoms in total. The summed E-state index contributed by atoms with van der Waals surface area (Å²) in [7, 11) is 0. The van der Waals surface area contributed by atoms with Crippen molar-refractivity contribution in [3.63, 3.8) is 0 Å². The van der Waals surface area contributed by atoms with E-state index >= 15 is 0 Å². The molecular formula is C17H20N4. The number of aromatic nitrogens is 1. The Morgan fingerprint density at radius 2 is 1.90 bits per heavy atom. The Morgan fingerprint density at radius 1 is 1.24 bits per heavy atom. The van der Waals surface area contributed by atoms with E-state index in [1.807, 2.05) is 37.3 Å². The average molecular weight is 280 g/mol. The zero-order chi connectivity index (χ0) is 15.4. The molecule has 108 valence electrons. The van der Waals surface area contributed by atoms with Crippen LogP contribution in [0.2, 0.25) is 0 Å². The minimum absolute atomic E-state index is 0.240. The highest BCUT2D eigenvalue weighted by molar-refractivity contribution is 5.58. The number of benzene rings is 1. The third-order valence-corrected chi connectivity index (χ3v) is 3.48. The number of hydrogen-bond donors (Lipinski definition) is 1. The molecule has 0 bridgehead atoms. The van der Waals surface area contributed by atoms with Gasteiger partial charge in [-0.15, -0.1) is 0 Å². The highest BCUT2D eigenvalue weighted by atomic mass is 15.2. The van der Waals surface area contributed by atoms with Crippen molar-refractivity contribution in [2.75, 3.05) is 10.6 Å². The third-order valence-electron chi connectivity index (χ3n) is 3.48. The Hall–Kier alpha value is -2.54. The van der Waals surface area contributed by atoms with Gasteiger partial charge in [-0.2, -0.15) is 5.26 Å². The summed E-state index contributed by atoms with van der Waals surface area (Å²) in [5, 5.41) is 9.40.